The van der Waals surface area contributed by atoms with Gasteiger partial charge in [0, 0.05) is 6.08 Å². The Balaban J connectivity index is 1.86. The first-order valence-electron chi connectivity index (χ1n) is 6.55. The van der Waals surface area contributed by atoms with Gasteiger partial charge in [0.2, 0.25) is 5.91 Å². The molecule has 0 saturated carbocycles. The normalized spacial score (nSPS) is 11.2. The fourth-order valence-corrected chi connectivity index (χ4v) is 1.71. The largest absolute Gasteiger partial charge is 0.345 e. The number of rotatable bonds is 5. The number of nitrogens with zero attached hydrogens (tertiary/aromatic N) is 2. The molecule has 2 aromatic rings. The van der Waals surface area contributed by atoms with E-state index in [1.807, 2.05) is 12.1 Å². The molecule has 0 radical (unpaired) electrons. The molecule has 0 unspecified atom stereocenters. The minimum Gasteiger partial charge on any atom is -0.345 e. The van der Waals surface area contributed by atoms with Gasteiger partial charge in [-0.2, -0.15) is 5.10 Å². The summed E-state index contributed by atoms with van der Waals surface area (Å²) in [6.07, 6.45) is 4.72. The smallest absolute Gasteiger partial charge is 0.244 e. The number of aromatic amines is 1. The quantitative estimate of drug-likeness (QED) is 0.819. The van der Waals surface area contributed by atoms with E-state index in [4.69, 9.17) is 0 Å². The van der Waals surface area contributed by atoms with Gasteiger partial charge in [0.05, 0.1) is 6.54 Å². The number of carbonyl (C=O) groups excluding carboxylic acids is 1. The van der Waals surface area contributed by atoms with Crippen LogP contribution in [0.1, 0.15) is 36.7 Å². The van der Waals surface area contributed by atoms with E-state index < -0.39 is 0 Å². The Kier molecular flexibility index (Phi) is 4.65. The molecule has 5 heteroatoms. The average molecular weight is 270 g/mol. The van der Waals surface area contributed by atoms with Crippen LogP contribution in [0.25, 0.3) is 6.08 Å². The van der Waals surface area contributed by atoms with E-state index in [0.717, 1.165) is 5.56 Å². The molecule has 1 aromatic carbocycles. The first-order valence-corrected chi connectivity index (χ1v) is 6.55. The Morgan fingerprint density at radius 2 is 2.10 bits per heavy atom. The van der Waals surface area contributed by atoms with E-state index in [2.05, 4.69) is 46.5 Å². The Bertz CT molecular complexity index is 570. The molecule has 1 heterocycles. The van der Waals surface area contributed by atoms with Crippen LogP contribution in [-0.2, 0) is 11.3 Å². The second-order valence-corrected chi connectivity index (χ2v) is 4.80. The number of aromatic nitrogens is 3. The summed E-state index contributed by atoms with van der Waals surface area (Å²) in [7, 11) is 0. The lowest BCUT2D eigenvalue weighted by Gasteiger charge is -2.04. The summed E-state index contributed by atoms with van der Waals surface area (Å²) in [5.41, 5.74) is 2.29. The summed E-state index contributed by atoms with van der Waals surface area (Å²) >= 11 is 0. The molecule has 0 spiro atoms. The molecule has 5 nitrogen and oxygen atoms in total. The topological polar surface area (TPSA) is 70.7 Å². The molecule has 0 bridgehead atoms. The van der Waals surface area contributed by atoms with Crippen molar-refractivity contribution >= 4 is 12.0 Å². The molecule has 1 aromatic heterocycles. The van der Waals surface area contributed by atoms with Gasteiger partial charge in [0.15, 0.2) is 0 Å². The van der Waals surface area contributed by atoms with Crippen LogP contribution in [0.3, 0.4) is 0 Å². The number of H-pyrrole nitrogens is 1. The van der Waals surface area contributed by atoms with E-state index in [-0.39, 0.29) is 5.91 Å². The lowest BCUT2D eigenvalue weighted by molar-refractivity contribution is -0.116. The maximum Gasteiger partial charge on any atom is 0.244 e. The van der Waals surface area contributed by atoms with Crippen LogP contribution in [0.15, 0.2) is 36.7 Å². The van der Waals surface area contributed by atoms with Gasteiger partial charge in [-0.05, 0) is 23.1 Å². The number of nitrogens with one attached hydrogen (secondary N) is 2. The van der Waals surface area contributed by atoms with Crippen LogP contribution in [0.4, 0.5) is 0 Å². The standard InChI is InChI=1S/C15H18N4O/c1-11(2)13-6-3-12(4-7-13)5-8-15(20)16-9-14-17-10-18-19-14/h3-8,10-11H,9H2,1-2H3,(H,16,20)(H,17,18,19)/b8-5+. The van der Waals surface area contributed by atoms with Crippen LogP contribution in [0.5, 0.6) is 0 Å². The molecule has 0 fully saturated rings. The van der Waals surface area contributed by atoms with E-state index >= 15 is 0 Å². The minimum absolute atomic E-state index is 0.158. The third kappa shape index (κ3) is 4.05. The molecule has 0 saturated heterocycles. The van der Waals surface area contributed by atoms with E-state index in [1.54, 1.807) is 6.08 Å². The molecule has 0 aliphatic heterocycles. The summed E-state index contributed by atoms with van der Waals surface area (Å²) in [4.78, 5) is 15.6. The lowest BCUT2D eigenvalue weighted by Crippen LogP contribution is -2.20. The lowest BCUT2D eigenvalue weighted by atomic mass is 10.0. The first-order chi connectivity index (χ1) is 9.65. The zero-order valence-corrected chi connectivity index (χ0v) is 11.6. The average Bonchev–Trinajstić information content (AvgIpc) is 2.96. The molecule has 0 aliphatic carbocycles. The molecule has 20 heavy (non-hydrogen) atoms. The fourth-order valence-electron chi connectivity index (χ4n) is 1.71. The van der Waals surface area contributed by atoms with Gasteiger partial charge in [0.1, 0.15) is 12.2 Å². The number of carbonyl (C=O) groups is 1. The van der Waals surface area contributed by atoms with Crippen molar-refractivity contribution in [2.45, 2.75) is 26.3 Å². The summed E-state index contributed by atoms with van der Waals surface area (Å²) in [5.74, 6) is 0.987. The van der Waals surface area contributed by atoms with Gasteiger partial charge < -0.3 is 5.32 Å². The maximum atomic E-state index is 11.6. The predicted octanol–water partition coefficient (Wildman–Crippen LogP) is 2.26. The molecule has 1 amide bonds. The minimum atomic E-state index is -0.158. The molecule has 0 atom stereocenters. The van der Waals surface area contributed by atoms with Crippen molar-refractivity contribution in [1.82, 2.24) is 20.5 Å². The highest BCUT2D eigenvalue weighted by molar-refractivity contribution is 5.91. The number of hydrogen-bond donors (Lipinski definition) is 2. The van der Waals surface area contributed by atoms with Crippen molar-refractivity contribution in [2.24, 2.45) is 0 Å². The van der Waals surface area contributed by atoms with Crippen LogP contribution in [-0.4, -0.2) is 21.1 Å². The summed E-state index contributed by atoms with van der Waals surface area (Å²) in [6.45, 7) is 4.65. The van der Waals surface area contributed by atoms with Crippen LogP contribution < -0.4 is 5.32 Å². The zero-order chi connectivity index (χ0) is 14.4. The van der Waals surface area contributed by atoms with Gasteiger partial charge in [-0.1, -0.05) is 38.1 Å². The summed E-state index contributed by atoms with van der Waals surface area (Å²) < 4.78 is 0. The second kappa shape index (κ2) is 6.65. The van der Waals surface area contributed by atoms with Crippen LogP contribution >= 0.6 is 0 Å². The number of benzene rings is 1. The Labute approximate surface area is 118 Å². The van der Waals surface area contributed by atoms with Crippen LogP contribution in [0, 0.1) is 0 Å². The third-order valence-corrected chi connectivity index (χ3v) is 2.93. The van der Waals surface area contributed by atoms with Gasteiger partial charge in [-0.15, -0.1) is 0 Å². The van der Waals surface area contributed by atoms with Crippen molar-refractivity contribution in [1.29, 1.82) is 0 Å². The SMILES string of the molecule is CC(C)c1ccc(/C=C/C(=O)NCc2ncn[nH]2)cc1. The monoisotopic (exact) mass is 270 g/mol. The third-order valence-electron chi connectivity index (χ3n) is 2.93. The fraction of sp³-hybridized carbons (Fsp3) is 0.267. The Morgan fingerprint density at radius 1 is 1.35 bits per heavy atom. The van der Waals surface area contributed by atoms with Gasteiger partial charge in [0.25, 0.3) is 0 Å². The maximum absolute atomic E-state index is 11.6. The first kappa shape index (κ1) is 14.0. The van der Waals surface area contributed by atoms with E-state index in [0.29, 0.717) is 18.3 Å². The Morgan fingerprint density at radius 3 is 2.70 bits per heavy atom. The molecule has 0 aliphatic rings. The van der Waals surface area contributed by atoms with Crippen molar-refractivity contribution in [3.8, 4) is 0 Å². The highest BCUT2D eigenvalue weighted by atomic mass is 16.1. The zero-order valence-electron chi connectivity index (χ0n) is 11.6. The summed E-state index contributed by atoms with van der Waals surface area (Å²) in [6, 6.07) is 8.18. The van der Waals surface area contributed by atoms with Gasteiger partial charge in [-0.25, -0.2) is 4.98 Å². The van der Waals surface area contributed by atoms with Gasteiger partial charge in [-0.3, -0.25) is 9.89 Å². The molecular weight excluding hydrogens is 252 g/mol. The molecule has 2 rings (SSSR count). The molecule has 2 N–H and O–H groups in total. The number of hydrogen-bond acceptors (Lipinski definition) is 3. The predicted molar refractivity (Wildman–Crippen MR) is 77.8 cm³/mol. The van der Waals surface area contributed by atoms with Gasteiger partial charge >= 0.3 is 0 Å². The summed E-state index contributed by atoms with van der Waals surface area (Å²) in [5, 5.41) is 9.12. The van der Waals surface area contributed by atoms with Crippen molar-refractivity contribution in [2.75, 3.05) is 0 Å². The second-order valence-electron chi connectivity index (χ2n) is 4.80. The molecular formula is C15H18N4O. The van der Waals surface area contributed by atoms with E-state index in [1.165, 1.54) is 18.0 Å². The van der Waals surface area contributed by atoms with E-state index in [9.17, 15) is 4.79 Å². The van der Waals surface area contributed by atoms with Crippen molar-refractivity contribution < 1.29 is 4.79 Å². The molecule has 104 valence electrons. The highest BCUT2D eigenvalue weighted by Gasteiger charge is 1.99. The number of amides is 1. The van der Waals surface area contributed by atoms with Crippen LogP contribution in [0.2, 0.25) is 0 Å². The van der Waals surface area contributed by atoms with Crippen molar-refractivity contribution in [3.63, 3.8) is 0 Å². The highest BCUT2D eigenvalue weighted by Crippen LogP contribution is 2.15. The Hall–Kier alpha value is -2.43. The van der Waals surface area contributed by atoms with Crippen molar-refractivity contribution in [3.05, 3.63) is 53.6 Å².